The molecule has 0 aliphatic carbocycles. The minimum absolute atomic E-state index is 0.137. The van der Waals surface area contributed by atoms with Gasteiger partial charge in [0, 0.05) is 12.0 Å². The molecule has 0 atom stereocenters. The summed E-state index contributed by atoms with van der Waals surface area (Å²) in [6.45, 7) is 8.12. The lowest BCUT2D eigenvalue weighted by molar-refractivity contribution is 0.288. The second-order valence-corrected chi connectivity index (χ2v) is 5.83. The predicted molar refractivity (Wildman–Crippen MR) is 90.2 cm³/mol. The van der Waals surface area contributed by atoms with Crippen LogP contribution in [0.2, 0.25) is 0 Å². The second kappa shape index (κ2) is 5.50. The summed E-state index contributed by atoms with van der Waals surface area (Å²) >= 11 is 0. The second-order valence-electron chi connectivity index (χ2n) is 5.83. The molecule has 0 amide bonds. The number of allylic oxidation sites excluding steroid dienone is 1. The monoisotopic (exact) mass is 296 g/mol. The summed E-state index contributed by atoms with van der Waals surface area (Å²) in [5.74, 6) is 0.220. The molecule has 114 valence electrons. The van der Waals surface area contributed by atoms with Crippen LogP contribution < -0.4 is 0 Å². The summed E-state index contributed by atoms with van der Waals surface area (Å²) < 4.78 is 6.01. The summed E-state index contributed by atoms with van der Waals surface area (Å²) in [5.41, 5.74) is 5.42. The number of aliphatic hydroxyl groups is 1. The Hall–Kier alpha value is -2.26. The van der Waals surface area contributed by atoms with Gasteiger partial charge in [-0.3, -0.25) is 0 Å². The lowest BCUT2D eigenvalue weighted by Crippen LogP contribution is -1.89. The Morgan fingerprint density at radius 1 is 1.23 bits per heavy atom. The molecule has 2 N–H and O–H groups in total. The molecule has 0 aliphatic heterocycles. The zero-order chi connectivity index (χ0) is 15.9. The van der Waals surface area contributed by atoms with Gasteiger partial charge in [-0.1, -0.05) is 24.3 Å². The molecule has 3 rings (SSSR count). The number of hydrogen-bond donors (Lipinski definition) is 2. The largest absolute Gasteiger partial charge is 0.507 e. The molecule has 0 saturated heterocycles. The number of aryl methyl sites for hydroxylation is 2. The lowest BCUT2D eigenvalue weighted by atomic mass is 9.98. The van der Waals surface area contributed by atoms with Gasteiger partial charge in [0.1, 0.15) is 16.9 Å². The number of fused-ring (bicyclic) bond motifs is 3. The Kier molecular flexibility index (Phi) is 3.67. The average molecular weight is 296 g/mol. The fourth-order valence-corrected chi connectivity index (χ4v) is 2.95. The fourth-order valence-electron chi connectivity index (χ4n) is 2.95. The molecule has 0 spiro atoms. The minimum atomic E-state index is 0.137. The molecule has 0 unspecified atom stereocenters. The van der Waals surface area contributed by atoms with Crippen molar-refractivity contribution in [3.05, 3.63) is 47.5 Å². The van der Waals surface area contributed by atoms with E-state index in [1.165, 1.54) is 0 Å². The Morgan fingerprint density at radius 2 is 2.00 bits per heavy atom. The van der Waals surface area contributed by atoms with Crippen LogP contribution in [0.3, 0.4) is 0 Å². The molecule has 0 saturated carbocycles. The van der Waals surface area contributed by atoms with Crippen LogP contribution in [-0.4, -0.2) is 16.8 Å². The number of hydrogen-bond acceptors (Lipinski definition) is 3. The molecule has 22 heavy (non-hydrogen) atoms. The predicted octanol–water partition coefficient (Wildman–Crippen LogP) is 4.56. The van der Waals surface area contributed by atoms with Gasteiger partial charge in [-0.2, -0.15) is 0 Å². The van der Waals surface area contributed by atoms with E-state index in [1.54, 1.807) is 6.07 Å². The van der Waals surface area contributed by atoms with Gasteiger partial charge in [0.25, 0.3) is 0 Å². The van der Waals surface area contributed by atoms with E-state index in [9.17, 15) is 5.11 Å². The van der Waals surface area contributed by atoms with Gasteiger partial charge in [0.15, 0.2) is 0 Å². The zero-order valence-electron chi connectivity index (χ0n) is 12.9. The standard InChI is InChI=1S/C19H20O3/c1-11(2)14-7-6-12(3)19-17(14)18-15(21)9-13(5-4-8-20)10-16(18)22-19/h6-7,9-10,20-21H,1,4-5,8H2,2-3H3. The molecule has 2 aromatic carbocycles. The normalized spacial score (nSPS) is 11.4. The highest BCUT2D eigenvalue weighted by atomic mass is 16.3. The summed E-state index contributed by atoms with van der Waals surface area (Å²) in [6.07, 6.45) is 1.38. The number of phenolic OH excluding ortho intramolecular Hbond substituents is 1. The van der Waals surface area contributed by atoms with E-state index in [0.717, 1.165) is 38.6 Å². The third-order valence-electron chi connectivity index (χ3n) is 4.04. The number of furan rings is 1. The number of benzene rings is 2. The van der Waals surface area contributed by atoms with Gasteiger partial charge in [-0.25, -0.2) is 0 Å². The number of aromatic hydroxyl groups is 1. The number of aliphatic hydroxyl groups excluding tert-OH is 1. The van der Waals surface area contributed by atoms with Crippen molar-refractivity contribution in [3.8, 4) is 5.75 Å². The van der Waals surface area contributed by atoms with Crippen LogP contribution in [0.1, 0.15) is 30.0 Å². The third kappa shape index (κ3) is 2.28. The summed E-state index contributed by atoms with van der Waals surface area (Å²) in [7, 11) is 0. The highest BCUT2D eigenvalue weighted by Gasteiger charge is 2.17. The summed E-state index contributed by atoms with van der Waals surface area (Å²) in [6, 6.07) is 7.75. The molecule has 0 radical (unpaired) electrons. The Bertz CT molecular complexity index is 871. The van der Waals surface area contributed by atoms with E-state index < -0.39 is 0 Å². The lowest BCUT2D eigenvalue weighted by Gasteiger charge is -2.05. The quantitative estimate of drug-likeness (QED) is 0.742. The van der Waals surface area contributed by atoms with Gasteiger partial charge in [0.05, 0.1) is 5.39 Å². The first-order chi connectivity index (χ1) is 10.5. The summed E-state index contributed by atoms with van der Waals surface area (Å²) in [4.78, 5) is 0. The molecule has 1 aromatic heterocycles. The van der Waals surface area contributed by atoms with Crippen molar-refractivity contribution in [3.63, 3.8) is 0 Å². The maximum atomic E-state index is 10.5. The average Bonchev–Trinajstić information content (AvgIpc) is 2.85. The molecule has 0 fully saturated rings. The van der Waals surface area contributed by atoms with Crippen molar-refractivity contribution >= 4 is 27.5 Å². The van der Waals surface area contributed by atoms with Crippen molar-refractivity contribution in [2.24, 2.45) is 0 Å². The smallest absolute Gasteiger partial charge is 0.139 e. The highest BCUT2D eigenvalue weighted by molar-refractivity contribution is 6.13. The van der Waals surface area contributed by atoms with E-state index in [-0.39, 0.29) is 12.4 Å². The molecule has 1 heterocycles. The van der Waals surface area contributed by atoms with Crippen molar-refractivity contribution in [2.45, 2.75) is 26.7 Å². The number of phenols is 1. The Labute approximate surface area is 129 Å². The van der Waals surface area contributed by atoms with Crippen LogP contribution in [0, 0.1) is 6.92 Å². The Morgan fingerprint density at radius 3 is 2.68 bits per heavy atom. The van der Waals surface area contributed by atoms with Crippen molar-refractivity contribution in [2.75, 3.05) is 6.61 Å². The van der Waals surface area contributed by atoms with E-state index in [2.05, 4.69) is 6.58 Å². The molecular weight excluding hydrogens is 276 g/mol. The molecule has 0 aliphatic rings. The van der Waals surface area contributed by atoms with Crippen LogP contribution in [0.25, 0.3) is 27.5 Å². The van der Waals surface area contributed by atoms with Crippen molar-refractivity contribution in [1.82, 2.24) is 0 Å². The molecular formula is C19H20O3. The van der Waals surface area contributed by atoms with Gasteiger partial charge in [-0.15, -0.1) is 0 Å². The maximum Gasteiger partial charge on any atom is 0.139 e. The van der Waals surface area contributed by atoms with E-state index in [1.807, 2.05) is 32.0 Å². The van der Waals surface area contributed by atoms with E-state index in [0.29, 0.717) is 18.4 Å². The third-order valence-corrected chi connectivity index (χ3v) is 4.04. The number of rotatable bonds is 4. The first-order valence-electron chi connectivity index (χ1n) is 7.47. The van der Waals surface area contributed by atoms with Gasteiger partial charge in [-0.05, 0) is 55.5 Å². The van der Waals surface area contributed by atoms with Crippen LogP contribution >= 0.6 is 0 Å². The first kappa shape index (κ1) is 14.7. The molecule has 3 heteroatoms. The summed E-state index contributed by atoms with van der Waals surface area (Å²) in [5, 5.41) is 21.1. The van der Waals surface area contributed by atoms with Gasteiger partial charge >= 0.3 is 0 Å². The van der Waals surface area contributed by atoms with Crippen molar-refractivity contribution < 1.29 is 14.6 Å². The fraction of sp³-hybridized carbons (Fsp3) is 0.263. The van der Waals surface area contributed by atoms with E-state index in [4.69, 9.17) is 9.52 Å². The van der Waals surface area contributed by atoms with Crippen LogP contribution in [0.4, 0.5) is 0 Å². The molecule has 3 nitrogen and oxygen atoms in total. The molecule has 0 bridgehead atoms. The first-order valence-corrected chi connectivity index (χ1v) is 7.47. The highest BCUT2D eigenvalue weighted by Crippen LogP contribution is 2.40. The van der Waals surface area contributed by atoms with Gasteiger partial charge < -0.3 is 14.6 Å². The maximum absolute atomic E-state index is 10.5. The minimum Gasteiger partial charge on any atom is -0.507 e. The van der Waals surface area contributed by atoms with Crippen LogP contribution in [0.15, 0.2) is 35.3 Å². The van der Waals surface area contributed by atoms with Crippen molar-refractivity contribution in [1.29, 1.82) is 0 Å². The van der Waals surface area contributed by atoms with E-state index >= 15 is 0 Å². The topological polar surface area (TPSA) is 53.6 Å². The zero-order valence-corrected chi connectivity index (χ0v) is 12.9. The van der Waals surface area contributed by atoms with Gasteiger partial charge in [0.2, 0.25) is 0 Å². The Balaban J connectivity index is 2.35. The van der Waals surface area contributed by atoms with Crippen LogP contribution in [0.5, 0.6) is 5.75 Å². The van der Waals surface area contributed by atoms with Crippen LogP contribution in [-0.2, 0) is 6.42 Å². The molecule has 3 aromatic rings. The SMILES string of the molecule is C=C(C)c1ccc(C)c2oc3cc(CCCO)cc(O)c3c12.